The van der Waals surface area contributed by atoms with Crippen molar-refractivity contribution in [1.29, 1.82) is 0 Å². The van der Waals surface area contributed by atoms with Gasteiger partial charge < -0.3 is 11.1 Å². The summed E-state index contributed by atoms with van der Waals surface area (Å²) in [7, 11) is 0. The third-order valence-electron chi connectivity index (χ3n) is 3.80. The van der Waals surface area contributed by atoms with E-state index in [0.717, 1.165) is 17.3 Å². The maximum absolute atomic E-state index is 12.3. The number of nitrogens with two attached hydrogens (primary N) is 1. The fourth-order valence-electron chi connectivity index (χ4n) is 2.55. The largest absolute Gasteiger partial charge is 0.399 e. The van der Waals surface area contributed by atoms with Crippen LogP contribution in [-0.2, 0) is 0 Å². The summed E-state index contributed by atoms with van der Waals surface area (Å²) >= 11 is 3.39. The summed E-state index contributed by atoms with van der Waals surface area (Å²) in [6.45, 7) is 4.42. The van der Waals surface area contributed by atoms with Gasteiger partial charge in [0.2, 0.25) is 0 Å². The Balaban J connectivity index is 2.15. The van der Waals surface area contributed by atoms with Crippen molar-refractivity contribution >= 4 is 27.5 Å². The molecule has 18 heavy (non-hydrogen) atoms. The molecule has 1 atom stereocenters. The molecule has 0 aromatic heterocycles. The monoisotopic (exact) mass is 310 g/mol. The second-order valence-electron chi connectivity index (χ2n) is 5.65. The van der Waals surface area contributed by atoms with Crippen LogP contribution in [0.5, 0.6) is 0 Å². The second kappa shape index (κ2) is 4.92. The Hall–Kier alpha value is -1.03. The minimum atomic E-state index is -0.0471. The molecule has 0 spiro atoms. The Morgan fingerprint density at radius 2 is 2.22 bits per heavy atom. The highest BCUT2D eigenvalue weighted by Crippen LogP contribution is 2.37. The average Bonchev–Trinajstić information content (AvgIpc) is 2.62. The van der Waals surface area contributed by atoms with E-state index in [1.807, 2.05) is 6.07 Å². The number of carbonyl (C=O) groups is 1. The van der Waals surface area contributed by atoms with Crippen molar-refractivity contribution in [3.63, 3.8) is 0 Å². The molecule has 1 aromatic rings. The van der Waals surface area contributed by atoms with Gasteiger partial charge in [-0.2, -0.15) is 0 Å². The van der Waals surface area contributed by atoms with Gasteiger partial charge >= 0.3 is 0 Å². The molecule has 3 N–H and O–H groups in total. The molecule has 2 rings (SSSR count). The molecule has 0 heterocycles. The van der Waals surface area contributed by atoms with Crippen molar-refractivity contribution in [2.24, 2.45) is 5.41 Å². The predicted molar refractivity (Wildman–Crippen MR) is 77.4 cm³/mol. The summed E-state index contributed by atoms with van der Waals surface area (Å²) in [5.74, 6) is -0.0471. The number of hydrogen-bond acceptors (Lipinski definition) is 2. The van der Waals surface area contributed by atoms with Crippen LogP contribution in [0.15, 0.2) is 22.7 Å². The van der Waals surface area contributed by atoms with E-state index in [2.05, 4.69) is 35.1 Å². The van der Waals surface area contributed by atoms with Gasteiger partial charge in [-0.25, -0.2) is 0 Å². The first-order valence-electron chi connectivity index (χ1n) is 6.26. The molecule has 1 aliphatic rings. The molecular formula is C14H19BrN2O. The molecule has 3 nitrogen and oxygen atoms in total. The number of benzene rings is 1. The van der Waals surface area contributed by atoms with Gasteiger partial charge in [-0.3, -0.25) is 4.79 Å². The van der Waals surface area contributed by atoms with Crippen LogP contribution in [0, 0.1) is 5.41 Å². The minimum absolute atomic E-state index is 0.0471. The smallest absolute Gasteiger partial charge is 0.252 e. The molecule has 1 amide bonds. The van der Waals surface area contributed by atoms with Crippen LogP contribution in [-0.4, -0.2) is 11.9 Å². The second-order valence-corrected chi connectivity index (χ2v) is 6.50. The zero-order valence-electron chi connectivity index (χ0n) is 10.8. The van der Waals surface area contributed by atoms with E-state index in [1.54, 1.807) is 12.1 Å². The molecule has 0 aliphatic heterocycles. The van der Waals surface area contributed by atoms with Gasteiger partial charge in [0.1, 0.15) is 0 Å². The maximum atomic E-state index is 12.3. The molecule has 4 heteroatoms. The van der Waals surface area contributed by atoms with Gasteiger partial charge in [0.05, 0.1) is 5.56 Å². The highest BCUT2D eigenvalue weighted by atomic mass is 79.9. The molecule has 0 radical (unpaired) electrons. The summed E-state index contributed by atoms with van der Waals surface area (Å²) in [4.78, 5) is 12.3. The van der Waals surface area contributed by atoms with Crippen LogP contribution >= 0.6 is 15.9 Å². The summed E-state index contributed by atoms with van der Waals surface area (Å²) in [5.41, 5.74) is 7.12. The van der Waals surface area contributed by atoms with Gasteiger partial charge in [0.25, 0.3) is 5.91 Å². The van der Waals surface area contributed by atoms with Crippen LogP contribution in [0.2, 0.25) is 0 Å². The summed E-state index contributed by atoms with van der Waals surface area (Å²) in [6, 6.07) is 5.55. The molecule has 1 aromatic carbocycles. The third kappa shape index (κ3) is 2.69. The Morgan fingerprint density at radius 3 is 2.83 bits per heavy atom. The van der Waals surface area contributed by atoms with Crippen molar-refractivity contribution in [1.82, 2.24) is 5.32 Å². The van der Waals surface area contributed by atoms with Crippen LogP contribution in [0.3, 0.4) is 0 Å². The zero-order valence-corrected chi connectivity index (χ0v) is 12.4. The standard InChI is InChI=1S/C14H19BrN2O/c1-14(2)7-3-4-12(14)17-13(18)10-8-9(16)5-6-11(10)15/h5-6,8,12H,3-4,7,16H2,1-2H3,(H,17,18). The topological polar surface area (TPSA) is 55.1 Å². The lowest BCUT2D eigenvalue weighted by Gasteiger charge is -2.28. The molecule has 0 saturated heterocycles. The number of rotatable bonds is 2. The zero-order chi connectivity index (χ0) is 13.3. The highest BCUT2D eigenvalue weighted by molar-refractivity contribution is 9.10. The van der Waals surface area contributed by atoms with Gasteiger partial charge in [-0.05, 0) is 52.4 Å². The molecule has 1 saturated carbocycles. The van der Waals surface area contributed by atoms with E-state index in [4.69, 9.17) is 5.73 Å². The summed E-state index contributed by atoms with van der Waals surface area (Å²) in [5, 5.41) is 3.13. The van der Waals surface area contributed by atoms with E-state index < -0.39 is 0 Å². The molecule has 1 unspecified atom stereocenters. The Morgan fingerprint density at radius 1 is 1.50 bits per heavy atom. The molecule has 1 fully saturated rings. The number of halogens is 1. The number of carbonyl (C=O) groups excluding carboxylic acids is 1. The quantitative estimate of drug-likeness (QED) is 0.823. The van der Waals surface area contributed by atoms with Gasteiger partial charge in [-0.1, -0.05) is 20.3 Å². The number of nitrogen functional groups attached to an aromatic ring is 1. The SMILES string of the molecule is CC1(C)CCCC1NC(=O)c1cc(N)ccc1Br. The van der Waals surface area contributed by atoms with Crippen LogP contribution in [0.25, 0.3) is 0 Å². The van der Waals surface area contributed by atoms with Gasteiger partial charge in [0, 0.05) is 16.2 Å². The highest BCUT2D eigenvalue weighted by Gasteiger charge is 2.35. The number of anilines is 1. The minimum Gasteiger partial charge on any atom is -0.399 e. The van der Waals surface area contributed by atoms with Gasteiger partial charge in [-0.15, -0.1) is 0 Å². The van der Waals surface area contributed by atoms with Gasteiger partial charge in [0.15, 0.2) is 0 Å². The average molecular weight is 311 g/mol. The van der Waals surface area contributed by atoms with Crippen LogP contribution < -0.4 is 11.1 Å². The molecule has 0 bridgehead atoms. The number of nitrogens with one attached hydrogen (secondary N) is 1. The van der Waals surface area contributed by atoms with E-state index in [1.165, 1.54) is 6.42 Å². The molecule has 98 valence electrons. The first-order valence-corrected chi connectivity index (χ1v) is 7.05. The van der Waals surface area contributed by atoms with Crippen molar-refractivity contribution in [2.75, 3.05) is 5.73 Å². The fourth-order valence-corrected chi connectivity index (χ4v) is 2.97. The van der Waals surface area contributed by atoms with Crippen molar-refractivity contribution in [3.8, 4) is 0 Å². The van der Waals surface area contributed by atoms with E-state index >= 15 is 0 Å². The van der Waals surface area contributed by atoms with Crippen molar-refractivity contribution < 1.29 is 4.79 Å². The lowest BCUT2D eigenvalue weighted by molar-refractivity contribution is 0.0909. The van der Waals surface area contributed by atoms with Crippen molar-refractivity contribution in [2.45, 2.75) is 39.2 Å². The lowest BCUT2D eigenvalue weighted by Crippen LogP contribution is -2.41. The lowest BCUT2D eigenvalue weighted by atomic mass is 9.87. The van der Waals surface area contributed by atoms with E-state index in [9.17, 15) is 4.79 Å². The predicted octanol–water partition coefficient (Wildman–Crippen LogP) is 3.34. The first-order chi connectivity index (χ1) is 8.40. The first kappa shape index (κ1) is 13.4. The Kier molecular flexibility index (Phi) is 3.66. The van der Waals surface area contributed by atoms with E-state index in [-0.39, 0.29) is 17.4 Å². The molecular weight excluding hydrogens is 292 g/mol. The van der Waals surface area contributed by atoms with Crippen LogP contribution in [0.4, 0.5) is 5.69 Å². The number of hydrogen-bond donors (Lipinski definition) is 2. The maximum Gasteiger partial charge on any atom is 0.252 e. The normalized spacial score (nSPS) is 21.8. The fraction of sp³-hybridized carbons (Fsp3) is 0.500. The third-order valence-corrected chi connectivity index (χ3v) is 4.49. The Bertz CT molecular complexity index is 471. The summed E-state index contributed by atoms with van der Waals surface area (Å²) in [6.07, 6.45) is 3.39. The number of amides is 1. The van der Waals surface area contributed by atoms with Crippen LogP contribution in [0.1, 0.15) is 43.5 Å². The Labute approximate surface area is 116 Å². The molecule has 1 aliphatic carbocycles. The van der Waals surface area contributed by atoms with Crippen molar-refractivity contribution in [3.05, 3.63) is 28.2 Å². The summed E-state index contributed by atoms with van der Waals surface area (Å²) < 4.78 is 0.782. The van der Waals surface area contributed by atoms with E-state index in [0.29, 0.717) is 11.3 Å².